The average Bonchev–Trinajstić information content (AvgIpc) is 2.42. The summed E-state index contributed by atoms with van der Waals surface area (Å²) in [6.45, 7) is 0. The van der Waals surface area contributed by atoms with Gasteiger partial charge in [0.25, 0.3) is 0 Å². The molecule has 0 unspecified atom stereocenters. The van der Waals surface area contributed by atoms with Crippen LogP contribution in [0.25, 0.3) is 0 Å². The summed E-state index contributed by atoms with van der Waals surface area (Å²) in [5.41, 5.74) is 0.376. The number of benzene rings is 1. The van der Waals surface area contributed by atoms with Crippen LogP contribution in [0, 0.1) is 11.3 Å². The van der Waals surface area contributed by atoms with Crippen molar-refractivity contribution in [1.29, 1.82) is 5.26 Å². The van der Waals surface area contributed by atoms with E-state index in [1.807, 2.05) is 6.07 Å². The van der Waals surface area contributed by atoms with E-state index in [1.165, 1.54) is 0 Å². The number of nitrogens with one attached hydrogen (secondary N) is 1. The molecule has 0 bridgehead atoms. The van der Waals surface area contributed by atoms with Crippen LogP contribution in [0.4, 0.5) is 0 Å². The minimum Gasteiger partial charge on any atom is -0.480 e. The monoisotopic (exact) mass is 296 g/mol. The first-order chi connectivity index (χ1) is 9.46. The zero-order valence-electron chi connectivity index (χ0n) is 10.8. The van der Waals surface area contributed by atoms with Crippen LogP contribution in [0.15, 0.2) is 30.3 Å². The zero-order valence-corrected chi connectivity index (χ0v) is 11.6. The molecule has 0 aliphatic carbocycles. The van der Waals surface area contributed by atoms with Crippen molar-refractivity contribution in [1.82, 2.24) is 4.72 Å². The molecule has 0 aliphatic heterocycles. The molecular formula is C13H16N2O4S. The summed E-state index contributed by atoms with van der Waals surface area (Å²) in [7, 11) is -3.69. The smallest absolute Gasteiger partial charge is 0.326 e. The maximum Gasteiger partial charge on any atom is 0.326 e. The van der Waals surface area contributed by atoms with Crippen molar-refractivity contribution in [3.63, 3.8) is 0 Å². The van der Waals surface area contributed by atoms with Crippen molar-refractivity contribution in [2.24, 2.45) is 0 Å². The van der Waals surface area contributed by atoms with Gasteiger partial charge in [-0.05, 0) is 18.4 Å². The fraction of sp³-hybridized carbons (Fsp3) is 0.385. The molecule has 0 fully saturated rings. The Hall–Kier alpha value is -1.91. The lowest BCUT2D eigenvalue weighted by Crippen LogP contribution is -2.35. The van der Waals surface area contributed by atoms with Gasteiger partial charge < -0.3 is 5.11 Å². The van der Waals surface area contributed by atoms with Crippen molar-refractivity contribution < 1.29 is 18.3 Å². The van der Waals surface area contributed by atoms with Gasteiger partial charge in [-0.15, -0.1) is 0 Å². The molecule has 0 radical (unpaired) electrons. The summed E-state index contributed by atoms with van der Waals surface area (Å²) >= 11 is 0. The van der Waals surface area contributed by atoms with Gasteiger partial charge >= 0.3 is 5.97 Å². The summed E-state index contributed by atoms with van der Waals surface area (Å²) in [6.07, 6.45) is 1.08. The normalized spacial score (nSPS) is 12.6. The molecule has 0 aliphatic rings. The Kier molecular flexibility index (Phi) is 6.15. The fourth-order valence-electron chi connectivity index (χ4n) is 1.64. The van der Waals surface area contributed by atoms with Crippen LogP contribution in [0.5, 0.6) is 0 Å². The number of carboxylic acids is 1. The van der Waals surface area contributed by atoms with Crippen LogP contribution in [0.2, 0.25) is 0 Å². The SMILES string of the molecule is N#CCCCCS(=O)(=O)N[C@@H](C(=O)O)c1ccccc1. The molecule has 1 aromatic carbocycles. The molecular weight excluding hydrogens is 280 g/mol. The summed E-state index contributed by atoms with van der Waals surface area (Å²) in [5.74, 6) is -1.44. The summed E-state index contributed by atoms with van der Waals surface area (Å²) in [4.78, 5) is 11.2. The van der Waals surface area contributed by atoms with E-state index in [2.05, 4.69) is 4.72 Å². The van der Waals surface area contributed by atoms with E-state index >= 15 is 0 Å². The van der Waals surface area contributed by atoms with Gasteiger partial charge in [0.2, 0.25) is 10.0 Å². The molecule has 1 aromatic rings. The molecule has 0 saturated heterocycles. The minimum absolute atomic E-state index is 0.189. The molecule has 1 atom stereocenters. The van der Waals surface area contributed by atoms with Gasteiger partial charge in [0.05, 0.1) is 11.8 Å². The second kappa shape index (κ2) is 7.62. The molecule has 1 rings (SSSR count). The minimum atomic E-state index is -3.69. The first-order valence-corrected chi connectivity index (χ1v) is 7.76. The van der Waals surface area contributed by atoms with Crippen LogP contribution >= 0.6 is 0 Å². The van der Waals surface area contributed by atoms with Gasteiger partial charge in [-0.2, -0.15) is 9.98 Å². The van der Waals surface area contributed by atoms with Gasteiger partial charge in [-0.3, -0.25) is 4.79 Å². The Balaban J connectivity index is 2.71. The Bertz CT molecular complexity index is 578. The van der Waals surface area contributed by atoms with Gasteiger partial charge in [0.1, 0.15) is 6.04 Å². The van der Waals surface area contributed by atoms with E-state index in [0.29, 0.717) is 18.4 Å². The van der Waals surface area contributed by atoms with Gasteiger partial charge in [-0.25, -0.2) is 8.42 Å². The molecule has 2 N–H and O–H groups in total. The Labute approximate surface area is 118 Å². The number of carbonyl (C=O) groups is 1. The number of nitrogens with zero attached hydrogens (tertiary/aromatic N) is 1. The lowest BCUT2D eigenvalue weighted by atomic mass is 10.1. The maximum absolute atomic E-state index is 11.8. The predicted octanol–water partition coefficient (Wildman–Crippen LogP) is 1.43. The third-order valence-electron chi connectivity index (χ3n) is 2.63. The zero-order chi connectivity index (χ0) is 15.0. The summed E-state index contributed by atoms with van der Waals surface area (Å²) in [5, 5.41) is 17.5. The van der Waals surface area contributed by atoms with Gasteiger partial charge in [-0.1, -0.05) is 30.3 Å². The molecule has 0 heterocycles. The Morgan fingerprint density at radius 3 is 2.50 bits per heavy atom. The van der Waals surface area contributed by atoms with Crippen molar-refractivity contribution in [2.75, 3.05) is 5.75 Å². The highest BCUT2D eigenvalue weighted by Gasteiger charge is 2.25. The number of carboxylic acid groups (broad SMARTS) is 1. The molecule has 0 amide bonds. The Morgan fingerprint density at radius 2 is 1.95 bits per heavy atom. The number of nitriles is 1. The summed E-state index contributed by atoms with van der Waals surface area (Å²) in [6, 6.07) is 8.75. The first kappa shape index (κ1) is 16.1. The van der Waals surface area contributed by atoms with E-state index in [4.69, 9.17) is 10.4 Å². The number of unbranched alkanes of at least 4 members (excludes halogenated alkanes) is 2. The highest BCUT2D eigenvalue weighted by Crippen LogP contribution is 2.14. The standard InChI is InChI=1S/C13H16N2O4S/c14-9-5-2-6-10-20(18,19)15-12(13(16)17)11-7-3-1-4-8-11/h1,3-4,7-8,12,15H,2,5-6,10H2,(H,16,17)/t12-/m1/s1. The third-order valence-corrected chi connectivity index (χ3v) is 4.05. The Morgan fingerprint density at radius 1 is 1.30 bits per heavy atom. The van der Waals surface area contributed by atoms with Crippen LogP contribution in [0.1, 0.15) is 30.9 Å². The van der Waals surface area contributed by atoms with E-state index in [0.717, 1.165) is 0 Å². The summed E-state index contributed by atoms with van der Waals surface area (Å²) < 4.78 is 25.8. The number of rotatable bonds is 8. The van der Waals surface area contributed by atoms with Gasteiger partial charge in [0.15, 0.2) is 0 Å². The van der Waals surface area contributed by atoms with Crippen LogP contribution in [0.3, 0.4) is 0 Å². The fourth-order valence-corrected chi connectivity index (χ4v) is 2.94. The topological polar surface area (TPSA) is 107 Å². The largest absolute Gasteiger partial charge is 0.480 e. The molecule has 0 spiro atoms. The number of hydrogen-bond donors (Lipinski definition) is 2. The van der Waals surface area contributed by atoms with E-state index < -0.39 is 22.0 Å². The van der Waals surface area contributed by atoms with E-state index in [9.17, 15) is 13.2 Å². The van der Waals surface area contributed by atoms with E-state index in [-0.39, 0.29) is 12.2 Å². The van der Waals surface area contributed by atoms with E-state index in [1.54, 1.807) is 30.3 Å². The maximum atomic E-state index is 11.8. The molecule has 7 heteroatoms. The quantitative estimate of drug-likeness (QED) is 0.705. The predicted molar refractivity (Wildman–Crippen MR) is 73.2 cm³/mol. The highest BCUT2D eigenvalue weighted by atomic mass is 32.2. The molecule has 0 aromatic heterocycles. The van der Waals surface area contributed by atoms with Crippen LogP contribution in [-0.2, 0) is 14.8 Å². The molecule has 0 saturated carbocycles. The second-order valence-corrected chi connectivity index (χ2v) is 6.11. The van der Waals surface area contributed by atoms with Crippen molar-refractivity contribution in [3.05, 3.63) is 35.9 Å². The molecule has 108 valence electrons. The number of sulfonamides is 1. The van der Waals surface area contributed by atoms with Gasteiger partial charge in [0, 0.05) is 6.42 Å². The van der Waals surface area contributed by atoms with Crippen molar-refractivity contribution in [3.8, 4) is 6.07 Å². The first-order valence-electron chi connectivity index (χ1n) is 6.11. The van der Waals surface area contributed by atoms with Crippen molar-refractivity contribution in [2.45, 2.75) is 25.3 Å². The number of hydrogen-bond acceptors (Lipinski definition) is 4. The number of aliphatic carboxylic acids is 1. The third kappa shape index (κ3) is 5.38. The highest BCUT2D eigenvalue weighted by molar-refractivity contribution is 7.89. The molecule has 6 nitrogen and oxygen atoms in total. The van der Waals surface area contributed by atoms with Crippen LogP contribution in [-0.4, -0.2) is 25.2 Å². The average molecular weight is 296 g/mol. The molecule has 20 heavy (non-hydrogen) atoms. The second-order valence-electron chi connectivity index (χ2n) is 4.23. The lowest BCUT2D eigenvalue weighted by molar-refractivity contribution is -0.139. The van der Waals surface area contributed by atoms with Crippen LogP contribution < -0.4 is 4.72 Å². The lowest BCUT2D eigenvalue weighted by Gasteiger charge is -2.15. The van der Waals surface area contributed by atoms with Crippen molar-refractivity contribution >= 4 is 16.0 Å².